The molecule has 130 valence electrons. The number of rotatable bonds is 4. The van der Waals surface area contributed by atoms with Crippen LogP contribution in [0.15, 0.2) is 54.7 Å². The summed E-state index contributed by atoms with van der Waals surface area (Å²) in [7, 11) is 0. The second kappa shape index (κ2) is 8.58. The summed E-state index contributed by atoms with van der Waals surface area (Å²) in [5.41, 5.74) is 3.43. The Morgan fingerprint density at radius 1 is 1.08 bits per heavy atom. The number of nitrogens with zero attached hydrogens (tertiary/aromatic N) is 3. The van der Waals surface area contributed by atoms with Crippen LogP contribution in [-0.2, 0) is 11.3 Å². The fourth-order valence-corrected chi connectivity index (χ4v) is 3.04. The van der Waals surface area contributed by atoms with Crippen LogP contribution in [0.5, 0.6) is 0 Å². The summed E-state index contributed by atoms with van der Waals surface area (Å²) in [6, 6.07) is 14.4. The van der Waals surface area contributed by atoms with E-state index in [1.54, 1.807) is 18.3 Å². The Bertz CT molecular complexity index is 710. The number of benzene rings is 1. The third-order valence-electron chi connectivity index (χ3n) is 4.51. The van der Waals surface area contributed by atoms with Crippen molar-refractivity contribution in [1.29, 1.82) is 0 Å². The van der Waals surface area contributed by atoms with Crippen molar-refractivity contribution in [3.8, 4) is 0 Å². The number of aryl methyl sites for hydroxylation is 1. The van der Waals surface area contributed by atoms with Crippen molar-refractivity contribution < 1.29 is 4.79 Å². The lowest BCUT2D eigenvalue weighted by Gasteiger charge is -2.21. The highest BCUT2D eigenvalue weighted by molar-refractivity contribution is 5.91. The van der Waals surface area contributed by atoms with E-state index in [-0.39, 0.29) is 5.91 Å². The van der Waals surface area contributed by atoms with Crippen molar-refractivity contribution in [2.24, 2.45) is 0 Å². The van der Waals surface area contributed by atoms with Gasteiger partial charge < -0.3 is 4.90 Å². The van der Waals surface area contributed by atoms with Gasteiger partial charge in [0.2, 0.25) is 5.91 Å². The molecule has 0 atom stereocenters. The lowest BCUT2D eigenvalue weighted by molar-refractivity contribution is -0.125. The van der Waals surface area contributed by atoms with Gasteiger partial charge in [-0.1, -0.05) is 35.9 Å². The molecule has 0 spiro atoms. The number of aromatic nitrogens is 1. The van der Waals surface area contributed by atoms with Crippen LogP contribution in [0.4, 0.5) is 0 Å². The fraction of sp³-hybridized carbons (Fsp3) is 0.333. The highest BCUT2D eigenvalue weighted by Crippen LogP contribution is 2.11. The number of hydrogen-bond donors (Lipinski definition) is 0. The van der Waals surface area contributed by atoms with Gasteiger partial charge >= 0.3 is 0 Å². The van der Waals surface area contributed by atoms with Crippen LogP contribution in [0, 0.1) is 6.92 Å². The molecule has 0 bridgehead atoms. The van der Waals surface area contributed by atoms with E-state index in [2.05, 4.69) is 41.1 Å². The first-order chi connectivity index (χ1) is 12.2. The molecule has 0 N–H and O–H groups in total. The lowest BCUT2D eigenvalue weighted by atomic mass is 10.1. The van der Waals surface area contributed by atoms with Gasteiger partial charge in [-0.05, 0) is 37.1 Å². The maximum atomic E-state index is 12.4. The Labute approximate surface area is 149 Å². The quantitative estimate of drug-likeness (QED) is 0.806. The summed E-state index contributed by atoms with van der Waals surface area (Å²) >= 11 is 0. The van der Waals surface area contributed by atoms with Crippen molar-refractivity contribution in [1.82, 2.24) is 14.8 Å². The highest BCUT2D eigenvalue weighted by Gasteiger charge is 2.17. The molecule has 1 aliphatic rings. The summed E-state index contributed by atoms with van der Waals surface area (Å²) < 4.78 is 0. The molecule has 0 saturated carbocycles. The SMILES string of the molecule is Cc1ccc(CN2CCCN(C(=O)C=Cc3ccccn3)CC2)cc1. The normalized spacial score (nSPS) is 16.1. The van der Waals surface area contributed by atoms with Gasteiger partial charge in [0.25, 0.3) is 0 Å². The molecule has 4 nitrogen and oxygen atoms in total. The van der Waals surface area contributed by atoms with Crippen LogP contribution in [0.3, 0.4) is 0 Å². The Morgan fingerprint density at radius 2 is 1.92 bits per heavy atom. The van der Waals surface area contributed by atoms with Crippen LogP contribution >= 0.6 is 0 Å². The number of carbonyl (C=O) groups excluding carboxylic acids is 1. The van der Waals surface area contributed by atoms with Gasteiger partial charge in [0, 0.05) is 45.0 Å². The lowest BCUT2D eigenvalue weighted by Crippen LogP contribution is -2.34. The van der Waals surface area contributed by atoms with E-state index >= 15 is 0 Å². The third kappa shape index (κ3) is 5.26. The zero-order valence-electron chi connectivity index (χ0n) is 14.8. The third-order valence-corrected chi connectivity index (χ3v) is 4.51. The smallest absolute Gasteiger partial charge is 0.246 e. The molecule has 1 aromatic heterocycles. The van der Waals surface area contributed by atoms with Crippen molar-refractivity contribution >= 4 is 12.0 Å². The number of hydrogen-bond acceptors (Lipinski definition) is 3. The van der Waals surface area contributed by atoms with E-state index in [1.807, 2.05) is 23.1 Å². The number of amides is 1. The molecule has 1 aromatic carbocycles. The summed E-state index contributed by atoms with van der Waals surface area (Å²) in [6.07, 6.45) is 6.17. The Hall–Kier alpha value is -2.46. The summed E-state index contributed by atoms with van der Waals surface area (Å²) in [5.74, 6) is 0.0721. The van der Waals surface area contributed by atoms with Crippen molar-refractivity contribution in [2.45, 2.75) is 19.9 Å². The molecule has 2 heterocycles. The van der Waals surface area contributed by atoms with E-state index in [0.717, 1.165) is 44.8 Å². The summed E-state index contributed by atoms with van der Waals surface area (Å²) in [6.45, 7) is 6.59. The first kappa shape index (κ1) is 17.4. The van der Waals surface area contributed by atoms with Crippen LogP contribution in [0.25, 0.3) is 6.08 Å². The molecule has 0 aliphatic carbocycles. The monoisotopic (exact) mass is 335 g/mol. The molecular weight excluding hydrogens is 310 g/mol. The van der Waals surface area contributed by atoms with Crippen LogP contribution in [-0.4, -0.2) is 46.9 Å². The fourth-order valence-electron chi connectivity index (χ4n) is 3.04. The predicted octanol–water partition coefficient (Wildman–Crippen LogP) is 3.14. The highest BCUT2D eigenvalue weighted by atomic mass is 16.2. The van der Waals surface area contributed by atoms with E-state index in [4.69, 9.17) is 0 Å². The molecule has 1 fully saturated rings. The summed E-state index contributed by atoms with van der Waals surface area (Å²) in [4.78, 5) is 21.0. The van der Waals surface area contributed by atoms with E-state index in [0.29, 0.717) is 0 Å². The molecule has 4 heteroatoms. The maximum absolute atomic E-state index is 12.4. The zero-order valence-corrected chi connectivity index (χ0v) is 14.8. The molecule has 2 aromatic rings. The first-order valence-electron chi connectivity index (χ1n) is 8.86. The predicted molar refractivity (Wildman–Crippen MR) is 101 cm³/mol. The largest absolute Gasteiger partial charge is 0.338 e. The van der Waals surface area contributed by atoms with Crippen LogP contribution in [0.2, 0.25) is 0 Å². The Kier molecular flexibility index (Phi) is 5.96. The van der Waals surface area contributed by atoms with Gasteiger partial charge in [-0.15, -0.1) is 0 Å². The molecule has 0 unspecified atom stereocenters. The Balaban J connectivity index is 1.53. The Morgan fingerprint density at radius 3 is 2.68 bits per heavy atom. The standard InChI is InChI=1S/C21H25N3O/c1-18-6-8-19(9-7-18)17-23-13-4-14-24(16-15-23)21(25)11-10-20-5-2-3-12-22-20/h2-3,5-12H,4,13-17H2,1H3. The van der Waals surface area contributed by atoms with Gasteiger partial charge in [0.1, 0.15) is 0 Å². The minimum absolute atomic E-state index is 0.0721. The van der Waals surface area contributed by atoms with Crippen LogP contribution < -0.4 is 0 Å². The molecular formula is C21H25N3O. The maximum Gasteiger partial charge on any atom is 0.246 e. The van der Waals surface area contributed by atoms with E-state index < -0.39 is 0 Å². The first-order valence-corrected chi connectivity index (χ1v) is 8.86. The second-order valence-corrected chi connectivity index (χ2v) is 6.53. The molecule has 25 heavy (non-hydrogen) atoms. The molecule has 1 amide bonds. The van der Waals surface area contributed by atoms with Gasteiger partial charge in [-0.2, -0.15) is 0 Å². The van der Waals surface area contributed by atoms with Gasteiger partial charge in [0.05, 0.1) is 5.69 Å². The molecule has 0 radical (unpaired) electrons. The topological polar surface area (TPSA) is 36.4 Å². The summed E-state index contributed by atoms with van der Waals surface area (Å²) in [5, 5.41) is 0. The van der Waals surface area contributed by atoms with Gasteiger partial charge in [0.15, 0.2) is 0 Å². The average Bonchev–Trinajstić information content (AvgIpc) is 2.88. The van der Waals surface area contributed by atoms with Crippen LogP contribution in [0.1, 0.15) is 23.2 Å². The number of carbonyl (C=O) groups is 1. The minimum atomic E-state index is 0.0721. The molecule has 1 saturated heterocycles. The van der Waals surface area contributed by atoms with E-state index in [1.165, 1.54) is 11.1 Å². The van der Waals surface area contributed by atoms with Gasteiger partial charge in [-0.25, -0.2) is 0 Å². The second-order valence-electron chi connectivity index (χ2n) is 6.53. The molecule has 3 rings (SSSR count). The molecule has 1 aliphatic heterocycles. The van der Waals surface area contributed by atoms with Crippen molar-refractivity contribution in [3.05, 3.63) is 71.6 Å². The van der Waals surface area contributed by atoms with Gasteiger partial charge in [-0.3, -0.25) is 14.7 Å². The van der Waals surface area contributed by atoms with E-state index in [9.17, 15) is 4.79 Å². The van der Waals surface area contributed by atoms with Crippen molar-refractivity contribution in [2.75, 3.05) is 26.2 Å². The zero-order chi connectivity index (χ0) is 17.5. The van der Waals surface area contributed by atoms with Crippen molar-refractivity contribution in [3.63, 3.8) is 0 Å². The number of pyridine rings is 1. The average molecular weight is 335 g/mol. The minimum Gasteiger partial charge on any atom is -0.338 e.